The largest absolute Gasteiger partial charge is 0.433 e. The van der Waals surface area contributed by atoms with Crippen molar-refractivity contribution in [3.63, 3.8) is 0 Å². The fraction of sp³-hybridized carbons (Fsp3) is 0.312. The van der Waals surface area contributed by atoms with Gasteiger partial charge in [-0.3, -0.25) is 0 Å². The topological polar surface area (TPSA) is 64.8 Å². The number of nitriles is 1. The van der Waals surface area contributed by atoms with Crippen LogP contribution in [0.3, 0.4) is 0 Å². The molecular formula is C16H16F3N5. The Labute approximate surface area is 137 Å². The molecule has 1 aromatic heterocycles. The third-order valence-corrected chi connectivity index (χ3v) is 3.35. The van der Waals surface area contributed by atoms with Gasteiger partial charge in [-0.15, -0.1) is 0 Å². The van der Waals surface area contributed by atoms with Gasteiger partial charge >= 0.3 is 6.18 Å². The molecule has 0 saturated heterocycles. The molecule has 0 aliphatic carbocycles. The first-order chi connectivity index (χ1) is 11.2. The highest BCUT2D eigenvalue weighted by Gasteiger charge is 2.34. The molecule has 1 aromatic carbocycles. The van der Waals surface area contributed by atoms with E-state index in [0.717, 1.165) is 11.6 Å². The molecule has 2 rings (SSSR count). The van der Waals surface area contributed by atoms with Crippen LogP contribution in [0.5, 0.6) is 0 Å². The molecule has 0 radical (unpaired) electrons. The number of benzene rings is 1. The minimum Gasteiger partial charge on any atom is -0.363 e. The molecule has 0 aliphatic heterocycles. The molecule has 126 valence electrons. The Hall–Kier alpha value is -2.82. The fourth-order valence-corrected chi connectivity index (χ4v) is 2.00. The molecular weight excluding hydrogens is 319 g/mol. The lowest BCUT2D eigenvalue weighted by atomic mass is 10.1. The molecule has 24 heavy (non-hydrogen) atoms. The predicted molar refractivity (Wildman–Crippen MR) is 84.6 cm³/mol. The lowest BCUT2D eigenvalue weighted by molar-refractivity contribution is -0.141. The van der Waals surface area contributed by atoms with Gasteiger partial charge in [0.05, 0.1) is 17.7 Å². The molecule has 2 aromatic rings. The van der Waals surface area contributed by atoms with E-state index in [-0.39, 0.29) is 17.8 Å². The first-order valence-corrected chi connectivity index (χ1v) is 7.11. The van der Waals surface area contributed by atoms with E-state index in [2.05, 4.69) is 15.3 Å². The third kappa shape index (κ3) is 4.13. The van der Waals surface area contributed by atoms with Crippen LogP contribution in [0.15, 0.2) is 30.3 Å². The summed E-state index contributed by atoms with van der Waals surface area (Å²) in [6.45, 7) is 1.78. The van der Waals surface area contributed by atoms with E-state index >= 15 is 0 Å². The third-order valence-electron chi connectivity index (χ3n) is 3.35. The Morgan fingerprint density at radius 1 is 1.17 bits per heavy atom. The Kier molecular flexibility index (Phi) is 4.93. The van der Waals surface area contributed by atoms with Crippen LogP contribution in [0.1, 0.15) is 29.8 Å². The lowest BCUT2D eigenvalue weighted by Gasteiger charge is -2.18. The monoisotopic (exact) mass is 335 g/mol. The van der Waals surface area contributed by atoms with E-state index in [1.807, 2.05) is 6.07 Å². The van der Waals surface area contributed by atoms with Crippen molar-refractivity contribution < 1.29 is 13.2 Å². The standard InChI is InChI=1S/C16H16F3N5/c1-10(12-6-4-11(9-20)5-7-12)21-15-22-13(16(17,18)19)8-14(23-15)24(2)3/h4-8,10H,1-3H3,(H,21,22,23). The average molecular weight is 335 g/mol. The van der Waals surface area contributed by atoms with Crippen molar-refractivity contribution in [1.82, 2.24) is 9.97 Å². The van der Waals surface area contributed by atoms with Gasteiger partial charge in [-0.1, -0.05) is 12.1 Å². The van der Waals surface area contributed by atoms with E-state index in [1.54, 1.807) is 45.3 Å². The Morgan fingerprint density at radius 3 is 2.29 bits per heavy atom. The smallest absolute Gasteiger partial charge is 0.363 e. The summed E-state index contributed by atoms with van der Waals surface area (Å²) in [4.78, 5) is 9.14. The number of hydrogen-bond donors (Lipinski definition) is 1. The quantitative estimate of drug-likeness (QED) is 0.925. The summed E-state index contributed by atoms with van der Waals surface area (Å²) in [5.41, 5.74) is 0.313. The minimum atomic E-state index is -4.55. The molecule has 0 spiro atoms. The number of anilines is 2. The Bertz CT molecular complexity index is 748. The molecule has 0 fully saturated rings. The van der Waals surface area contributed by atoms with Gasteiger partial charge in [0.25, 0.3) is 0 Å². The van der Waals surface area contributed by atoms with Crippen LogP contribution in [0.25, 0.3) is 0 Å². The normalized spacial score (nSPS) is 12.4. The summed E-state index contributed by atoms with van der Waals surface area (Å²) in [5, 5.41) is 11.7. The molecule has 0 bridgehead atoms. The van der Waals surface area contributed by atoms with Crippen molar-refractivity contribution >= 4 is 11.8 Å². The van der Waals surface area contributed by atoms with Crippen LogP contribution in [0, 0.1) is 11.3 Å². The summed E-state index contributed by atoms with van der Waals surface area (Å²) < 4.78 is 39.0. The molecule has 0 saturated carbocycles. The molecule has 0 aliphatic rings. The van der Waals surface area contributed by atoms with Crippen LogP contribution >= 0.6 is 0 Å². The van der Waals surface area contributed by atoms with Crippen LogP contribution in [0.2, 0.25) is 0 Å². The van der Waals surface area contributed by atoms with Gasteiger partial charge in [-0.05, 0) is 24.6 Å². The van der Waals surface area contributed by atoms with Crippen LogP contribution in [-0.4, -0.2) is 24.1 Å². The number of nitrogens with one attached hydrogen (secondary N) is 1. The van der Waals surface area contributed by atoms with E-state index in [4.69, 9.17) is 5.26 Å². The number of rotatable bonds is 4. The lowest BCUT2D eigenvalue weighted by Crippen LogP contribution is -2.18. The second kappa shape index (κ2) is 6.74. The van der Waals surface area contributed by atoms with Gasteiger partial charge in [-0.25, -0.2) is 4.98 Å². The number of hydrogen-bond acceptors (Lipinski definition) is 5. The highest BCUT2D eigenvalue weighted by molar-refractivity contribution is 5.45. The SMILES string of the molecule is CC(Nc1nc(N(C)C)cc(C(F)(F)F)n1)c1ccc(C#N)cc1. The predicted octanol–water partition coefficient (Wildman–Crippen LogP) is 3.61. The van der Waals surface area contributed by atoms with Crippen molar-refractivity contribution in [3.8, 4) is 6.07 Å². The maximum atomic E-state index is 13.0. The van der Waals surface area contributed by atoms with Crippen molar-refractivity contribution in [2.24, 2.45) is 0 Å². The van der Waals surface area contributed by atoms with Crippen LogP contribution < -0.4 is 10.2 Å². The molecule has 1 heterocycles. The summed E-state index contributed by atoms with van der Waals surface area (Å²) in [6.07, 6.45) is -4.55. The van der Waals surface area contributed by atoms with Gasteiger partial charge in [0.15, 0.2) is 5.69 Å². The summed E-state index contributed by atoms with van der Waals surface area (Å²) in [5.74, 6) is 0.0530. The first kappa shape index (κ1) is 17.5. The van der Waals surface area contributed by atoms with Crippen molar-refractivity contribution in [2.75, 3.05) is 24.3 Å². The molecule has 1 unspecified atom stereocenters. The summed E-state index contributed by atoms with van der Waals surface area (Å²) >= 11 is 0. The van der Waals surface area contributed by atoms with Crippen molar-refractivity contribution in [1.29, 1.82) is 5.26 Å². The number of alkyl halides is 3. The van der Waals surface area contributed by atoms with E-state index in [1.165, 1.54) is 4.90 Å². The zero-order chi connectivity index (χ0) is 17.9. The number of nitrogens with zero attached hydrogens (tertiary/aromatic N) is 4. The van der Waals surface area contributed by atoms with Gasteiger partial charge in [0.2, 0.25) is 5.95 Å². The van der Waals surface area contributed by atoms with Crippen LogP contribution in [-0.2, 0) is 6.18 Å². The highest BCUT2D eigenvalue weighted by Crippen LogP contribution is 2.30. The van der Waals surface area contributed by atoms with Crippen molar-refractivity contribution in [2.45, 2.75) is 19.1 Å². The number of halogens is 3. The second-order valence-corrected chi connectivity index (χ2v) is 5.43. The molecule has 5 nitrogen and oxygen atoms in total. The average Bonchev–Trinajstić information content (AvgIpc) is 2.53. The van der Waals surface area contributed by atoms with Crippen LogP contribution in [0.4, 0.5) is 24.9 Å². The zero-order valence-corrected chi connectivity index (χ0v) is 13.4. The maximum Gasteiger partial charge on any atom is 0.433 e. The first-order valence-electron chi connectivity index (χ1n) is 7.11. The van der Waals surface area contributed by atoms with E-state index in [0.29, 0.717) is 5.56 Å². The zero-order valence-electron chi connectivity index (χ0n) is 13.4. The molecule has 8 heteroatoms. The molecule has 1 N–H and O–H groups in total. The summed E-state index contributed by atoms with van der Waals surface area (Å²) in [7, 11) is 3.21. The Balaban J connectivity index is 2.30. The minimum absolute atomic E-state index is 0.106. The van der Waals surface area contributed by atoms with Gasteiger partial charge in [0.1, 0.15) is 5.82 Å². The fourth-order valence-electron chi connectivity index (χ4n) is 2.00. The molecule has 1 atom stereocenters. The van der Waals surface area contributed by atoms with E-state index < -0.39 is 11.9 Å². The Morgan fingerprint density at radius 2 is 1.79 bits per heavy atom. The van der Waals surface area contributed by atoms with Gasteiger partial charge < -0.3 is 10.2 Å². The van der Waals surface area contributed by atoms with Gasteiger partial charge in [0, 0.05) is 20.2 Å². The molecule has 0 amide bonds. The van der Waals surface area contributed by atoms with Gasteiger partial charge in [-0.2, -0.15) is 23.4 Å². The second-order valence-electron chi connectivity index (χ2n) is 5.43. The number of aromatic nitrogens is 2. The van der Waals surface area contributed by atoms with E-state index in [9.17, 15) is 13.2 Å². The maximum absolute atomic E-state index is 13.0. The van der Waals surface area contributed by atoms with Crippen molar-refractivity contribution in [3.05, 3.63) is 47.2 Å². The highest BCUT2D eigenvalue weighted by atomic mass is 19.4. The summed E-state index contributed by atoms with van der Waals surface area (Å²) in [6, 6.07) is 9.34.